The van der Waals surface area contributed by atoms with Crippen molar-refractivity contribution in [1.82, 2.24) is 4.98 Å². The maximum atomic E-state index is 10.9. The molecule has 9 nitrogen and oxygen atoms in total. The molecule has 0 bridgehead atoms. The molecule has 1 aliphatic heterocycles. The Morgan fingerprint density at radius 3 is 2.81 bits per heavy atom. The molecule has 1 aromatic rings. The number of anilines is 2. The van der Waals surface area contributed by atoms with Crippen LogP contribution in [-0.4, -0.2) is 47.4 Å². The minimum absolute atomic E-state index is 0.112. The van der Waals surface area contributed by atoms with Crippen molar-refractivity contribution in [3.63, 3.8) is 0 Å². The van der Waals surface area contributed by atoms with E-state index in [-0.39, 0.29) is 11.5 Å². The summed E-state index contributed by atoms with van der Waals surface area (Å²) >= 11 is 0. The Labute approximate surface area is 121 Å². The highest BCUT2D eigenvalue weighted by molar-refractivity contribution is 5.55. The summed E-state index contributed by atoms with van der Waals surface area (Å²) in [6, 6.07) is 2.60. The van der Waals surface area contributed by atoms with Crippen molar-refractivity contribution in [3.8, 4) is 0 Å². The zero-order valence-corrected chi connectivity index (χ0v) is 11.8. The molecule has 0 saturated carbocycles. The van der Waals surface area contributed by atoms with Gasteiger partial charge in [-0.3, -0.25) is 10.1 Å². The summed E-state index contributed by atoms with van der Waals surface area (Å²) in [4.78, 5) is 16.3. The van der Waals surface area contributed by atoms with Gasteiger partial charge in [-0.2, -0.15) is 0 Å². The second-order valence-corrected chi connectivity index (χ2v) is 5.16. The number of nitrogens with zero attached hydrogens (tertiary/aromatic N) is 3. The van der Waals surface area contributed by atoms with Gasteiger partial charge < -0.3 is 20.2 Å². The van der Waals surface area contributed by atoms with Crippen LogP contribution in [0.25, 0.3) is 0 Å². The molecule has 1 fully saturated rings. The number of aliphatic hydroxyl groups is 1. The first kappa shape index (κ1) is 15.4. The van der Waals surface area contributed by atoms with Crippen molar-refractivity contribution in [1.29, 1.82) is 0 Å². The van der Waals surface area contributed by atoms with Gasteiger partial charge in [-0.15, -0.1) is 0 Å². The molecule has 0 spiro atoms. The van der Waals surface area contributed by atoms with Crippen molar-refractivity contribution in [3.05, 3.63) is 22.2 Å². The highest BCUT2D eigenvalue weighted by Gasteiger charge is 2.31. The molecule has 1 saturated heterocycles. The van der Waals surface area contributed by atoms with Crippen LogP contribution in [0.1, 0.15) is 12.8 Å². The van der Waals surface area contributed by atoms with E-state index in [0.717, 1.165) is 0 Å². The molecule has 2 heterocycles. The molecule has 0 aliphatic carbocycles. The van der Waals surface area contributed by atoms with E-state index in [4.69, 9.17) is 10.6 Å². The summed E-state index contributed by atoms with van der Waals surface area (Å²) < 4.78 is 5.23. The van der Waals surface area contributed by atoms with Gasteiger partial charge in [0.15, 0.2) is 0 Å². The van der Waals surface area contributed by atoms with E-state index in [1.165, 1.54) is 12.1 Å². The number of rotatable bonds is 5. The first-order chi connectivity index (χ1) is 9.93. The van der Waals surface area contributed by atoms with Gasteiger partial charge in [0.25, 0.3) is 5.69 Å². The zero-order valence-electron chi connectivity index (χ0n) is 11.8. The number of nitrogens with one attached hydrogen (secondary N) is 1. The third-order valence-electron chi connectivity index (χ3n) is 3.50. The van der Waals surface area contributed by atoms with Crippen LogP contribution in [0.2, 0.25) is 0 Å². The summed E-state index contributed by atoms with van der Waals surface area (Å²) in [7, 11) is 1.72. The predicted octanol–water partition coefficient (Wildman–Crippen LogP) is 0.253. The van der Waals surface area contributed by atoms with Gasteiger partial charge in [-0.05, 0) is 0 Å². The minimum Gasteiger partial charge on any atom is -0.388 e. The van der Waals surface area contributed by atoms with E-state index in [9.17, 15) is 15.2 Å². The number of likely N-dealkylation sites (N-methyl/N-ethyl adjacent to an activating group) is 1. The quantitative estimate of drug-likeness (QED) is 0.401. The number of aromatic nitrogens is 1. The number of nitro groups is 1. The van der Waals surface area contributed by atoms with Crippen molar-refractivity contribution in [2.45, 2.75) is 18.4 Å². The lowest BCUT2D eigenvalue weighted by Crippen LogP contribution is -2.46. The number of ether oxygens (including phenoxy) is 1. The molecule has 9 heteroatoms. The first-order valence-corrected chi connectivity index (χ1v) is 6.58. The molecular formula is C12H19N5O4. The Hall–Kier alpha value is -1.97. The number of hydrogen-bond acceptors (Lipinski definition) is 8. The van der Waals surface area contributed by atoms with Crippen LogP contribution in [0.15, 0.2) is 12.1 Å². The van der Waals surface area contributed by atoms with E-state index in [1.807, 2.05) is 0 Å². The second-order valence-electron chi connectivity index (χ2n) is 5.16. The van der Waals surface area contributed by atoms with Gasteiger partial charge in [0.2, 0.25) is 0 Å². The SMILES string of the molecule is CN(CC1(O)CCOCC1)c1cc([N+](=O)[O-])cc(NN)n1. The first-order valence-electron chi connectivity index (χ1n) is 6.58. The lowest BCUT2D eigenvalue weighted by molar-refractivity contribution is -0.384. The molecule has 0 aromatic carbocycles. The number of hydrogen-bond donors (Lipinski definition) is 3. The van der Waals surface area contributed by atoms with Gasteiger partial charge in [-0.1, -0.05) is 0 Å². The Morgan fingerprint density at radius 1 is 1.57 bits per heavy atom. The van der Waals surface area contributed by atoms with Crippen LogP contribution < -0.4 is 16.2 Å². The molecule has 2 rings (SSSR count). The Kier molecular flexibility index (Phi) is 4.56. The summed E-state index contributed by atoms with van der Waals surface area (Å²) in [5, 5.41) is 21.4. The fraction of sp³-hybridized carbons (Fsp3) is 0.583. The van der Waals surface area contributed by atoms with Crippen LogP contribution in [-0.2, 0) is 4.74 Å². The molecule has 1 aromatic heterocycles. The van der Waals surface area contributed by atoms with Gasteiger partial charge in [0, 0.05) is 39.6 Å². The second kappa shape index (κ2) is 6.20. The topological polar surface area (TPSA) is 127 Å². The lowest BCUT2D eigenvalue weighted by Gasteiger charge is -2.35. The van der Waals surface area contributed by atoms with Gasteiger partial charge in [0.05, 0.1) is 22.7 Å². The molecule has 0 amide bonds. The maximum Gasteiger partial charge on any atom is 0.276 e. The van der Waals surface area contributed by atoms with Crippen LogP contribution in [0, 0.1) is 10.1 Å². The lowest BCUT2D eigenvalue weighted by atomic mass is 9.94. The van der Waals surface area contributed by atoms with Crippen LogP contribution >= 0.6 is 0 Å². The molecule has 0 unspecified atom stereocenters. The predicted molar refractivity (Wildman–Crippen MR) is 77.0 cm³/mol. The van der Waals surface area contributed by atoms with Crippen molar-refractivity contribution in [2.24, 2.45) is 5.84 Å². The minimum atomic E-state index is -0.879. The number of pyridine rings is 1. The highest BCUT2D eigenvalue weighted by Crippen LogP contribution is 2.26. The van der Waals surface area contributed by atoms with E-state index in [2.05, 4.69) is 10.4 Å². The number of nitrogen functional groups attached to an aromatic ring is 1. The summed E-state index contributed by atoms with van der Waals surface area (Å²) in [5.74, 6) is 5.85. The average molecular weight is 297 g/mol. The fourth-order valence-corrected chi connectivity index (χ4v) is 2.31. The monoisotopic (exact) mass is 297 g/mol. The fourth-order valence-electron chi connectivity index (χ4n) is 2.31. The number of nitrogens with two attached hydrogens (primary N) is 1. The van der Waals surface area contributed by atoms with Crippen molar-refractivity contribution >= 4 is 17.3 Å². The van der Waals surface area contributed by atoms with E-state index in [1.54, 1.807) is 11.9 Å². The Balaban J connectivity index is 2.19. The highest BCUT2D eigenvalue weighted by atomic mass is 16.6. The zero-order chi connectivity index (χ0) is 15.5. The van der Waals surface area contributed by atoms with Crippen molar-refractivity contribution in [2.75, 3.05) is 37.1 Å². The molecular weight excluding hydrogens is 278 g/mol. The summed E-state index contributed by atoms with van der Waals surface area (Å²) in [6.45, 7) is 1.32. The van der Waals surface area contributed by atoms with E-state index in [0.29, 0.717) is 38.4 Å². The van der Waals surface area contributed by atoms with Crippen LogP contribution in [0.3, 0.4) is 0 Å². The third-order valence-corrected chi connectivity index (χ3v) is 3.50. The maximum absolute atomic E-state index is 10.9. The van der Waals surface area contributed by atoms with Crippen LogP contribution in [0.4, 0.5) is 17.3 Å². The van der Waals surface area contributed by atoms with E-state index < -0.39 is 10.5 Å². The molecule has 0 radical (unpaired) electrons. The average Bonchev–Trinajstić information content (AvgIpc) is 2.46. The summed E-state index contributed by atoms with van der Waals surface area (Å²) in [5.41, 5.74) is 1.31. The molecule has 21 heavy (non-hydrogen) atoms. The van der Waals surface area contributed by atoms with Gasteiger partial charge in [-0.25, -0.2) is 10.8 Å². The van der Waals surface area contributed by atoms with Crippen molar-refractivity contribution < 1.29 is 14.8 Å². The third kappa shape index (κ3) is 3.78. The van der Waals surface area contributed by atoms with E-state index >= 15 is 0 Å². The molecule has 4 N–H and O–H groups in total. The Bertz CT molecular complexity index is 518. The molecule has 116 valence electrons. The summed E-state index contributed by atoms with van der Waals surface area (Å²) in [6.07, 6.45) is 1.04. The number of hydrazine groups is 1. The van der Waals surface area contributed by atoms with Crippen LogP contribution in [0.5, 0.6) is 0 Å². The van der Waals surface area contributed by atoms with Gasteiger partial charge in [0.1, 0.15) is 11.6 Å². The standard InChI is InChI=1S/C12H19N5O4/c1-16(8-12(18)2-4-21-5-3-12)11-7-9(17(19)20)6-10(14-11)15-13/h6-7,18H,2-5,8,13H2,1H3,(H,14,15). The molecule has 0 atom stereocenters. The Morgan fingerprint density at radius 2 is 2.24 bits per heavy atom. The normalized spacial score (nSPS) is 17.3. The van der Waals surface area contributed by atoms with Gasteiger partial charge >= 0.3 is 0 Å². The smallest absolute Gasteiger partial charge is 0.276 e. The molecule has 1 aliphatic rings. The largest absolute Gasteiger partial charge is 0.388 e.